The van der Waals surface area contributed by atoms with Crippen LogP contribution in [0.25, 0.3) is 0 Å². The monoisotopic (exact) mass is 196 g/mol. The van der Waals surface area contributed by atoms with E-state index in [1.807, 2.05) is 0 Å². The Bertz CT molecular complexity index is 290. The third-order valence-corrected chi connectivity index (χ3v) is 2.48. The molecular weight excluding hydrogens is 180 g/mol. The fraction of sp³-hybridized carbons (Fsp3) is 0.700. The van der Waals surface area contributed by atoms with Crippen LogP contribution in [0.4, 0.5) is 0 Å². The number of nitrogens with zero attached hydrogens (tertiary/aromatic N) is 1. The van der Waals surface area contributed by atoms with E-state index in [9.17, 15) is 5.11 Å². The fourth-order valence-corrected chi connectivity index (χ4v) is 1.77. The second-order valence-electron chi connectivity index (χ2n) is 3.92. The average Bonchev–Trinajstić information content (AvgIpc) is 2.69. The molecule has 1 saturated heterocycles. The lowest BCUT2D eigenvalue weighted by molar-refractivity contribution is 0.194. The molecule has 2 rings (SSSR count). The maximum absolute atomic E-state index is 9.19. The predicted molar refractivity (Wildman–Crippen MR) is 52.1 cm³/mol. The van der Waals surface area contributed by atoms with E-state index < -0.39 is 0 Å². The number of rotatable bonds is 3. The Labute approximate surface area is 83.3 Å². The van der Waals surface area contributed by atoms with Crippen LogP contribution in [0.15, 0.2) is 10.7 Å². The number of nitrogens with one attached hydrogen (secondary N) is 1. The van der Waals surface area contributed by atoms with Crippen molar-refractivity contribution in [2.75, 3.05) is 13.1 Å². The summed E-state index contributed by atoms with van der Waals surface area (Å²) in [5.74, 6) is 1.23. The van der Waals surface area contributed by atoms with Crippen LogP contribution in [-0.2, 0) is 6.42 Å². The molecule has 1 fully saturated rings. The molecule has 0 bridgehead atoms. The van der Waals surface area contributed by atoms with Crippen molar-refractivity contribution >= 4 is 0 Å². The van der Waals surface area contributed by atoms with Gasteiger partial charge in [0.05, 0.1) is 11.8 Å². The largest absolute Gasteiger partial charge is 0.448 e. The number of hydrogen-bond donors (Lipinski definition) is 2. The van der Waals surface area contributed by atoms with E-state index >= 15 is 0 Å². The maximum Gasteiger partial charge on any atom is 0.198 e. The fourth-order valence-electron chi connectivity index (χ4n) is 1.77. The van der Waals surface area contributed by atoms with Crippen LogP contribution in [0.1, 0.15) is 30.8 Å². The van der Waals surface area contributed by atoms with Gasteiger partial charge >= 0.3 is 0 Å². The molecule has 14 heavy (non-hydrogen) atoms. The summed E-state index contributed by atoms with van der Waals surface area (Å²) >= 11 is 0. The van der Waals surface area contributed by atoms with Crippen LogP contribution in [-0.4, -0.2) is 29.3 Å². The zero-order valence-corrected chi connectivity index (χ0v) is 8.36. The minimum atomic E-state index is -0.352. The zero-order chi connectivity index (χ0) is 9.97. The van der Waals surface area contributed by atoms with Crippen molar-refractivity contribution < 1.29 is 9.52 Å². The van der Waals surface area contributed by atoms with Crippen LogP contribution in [0.2, 0.25) is 0 Å². The molecule has 1 aromatic rings. The highest BCUT2D eigenvalue weighted by atomic mass is 16.3. The number of aliphatic hydroxyl groups is 1. The second kappa shape index (κ2) is 4.11. The first kappa shape index (κ1) is 9.68. The van der Waals surface area contributed by atoms with Crippen molar-refractivity contribution in [1.82, 2.24) is 10.3 Å². The Morgan fingerprint density at radius 3 is 3.29 bits per heavy atom. The molecule has 0 aliphatic carbocycles. The molecule has 1 aromatic heterocycles. The van der Waals surface area contributed by atoms with Gasteiger partial charge in [0.2, 0.25) is 0 Å². The molecule has 1 aliphatic rings. The minimum absolute atomic E-state index is 0.352. The highest BCUT2D eigenvalue weighted by molar-refractivity contribution is 5.04. The molecule has 0 spiro atoms. The third kappa shape index (κ3) is 2.13. The molecule has 2 heterocycles. The minimum Gasteiger partial charge on any atom is -0.448 e. The number of hydrogen-bond acceptors (Lipinski definition) is 4. The van der Waals surface area contributed by atoms with Crippen LogP contribution < -0.4 is 5.32 Å². The molecule has 4 nitrogen and oxygen atoms in total. The van der Waals surface area contributed by atoms with E-state index in [1.165, 1.54) is 0 Å². The van der Waals surface area contributed by atoms with Crippen molar-refractivity contribution in [3.63, 3.8) is 0 Å². The summed E-state index contributed by atoms with van der Waals surface area (Å²) < 4.78 is 5.39. The van der Waals surface area contributed by atoms with Crippen molar-refractivity contribution in [3.05, 3.63) is 17.8 Å². The Morgan fingerprint density at radius 1 is 1.79 bits per heavy atom. The molecular formula is C10H16N2O2. The van der Waals surface area contributed by atoms with Crippen LogP contribution in [0.5, 0.6) is 0 Å². The SMILES string of the molecule is CC(O)Cc1coc(C2CCNC2)n1. The smallest absolute Gasteiger partial charge is 0.198 e. The summed E-state index contributed by atoms with van der Waals surface area (Å²) in [7, 11) is 0. The molecule has 0 aromatic carbocycles. The van der Waals surface area contributed by atoms with Gasteiger partial charge in [-0.3, -0.25) is 0 Å². The quantitative estimate of drug-likeness (QED) is 0.746. The Morgan fingerprint density at radius 2 is 2.64 bits per heavy atom. The van der Waals surface area contributed by atoms with E-state index in [4.69, 9.17) is 4.42 Å². The van der Waals surface area contributed by atoms with E-state index in [0.717, 1.165) is 31.1 Å². The highest BCUT2D eigenvalue weighted by Crippen LogP contribution is 2.21. The molecule has 2 atom stereocenters. The summed E-state index contributed by atoms with van der Waals surface area (Å²) in [6, 6.07) is 0. The number of aromatic nitrogens is 1. The van der Waals surface area contributed by atoms with Gasteiger partial charge in [-0.2, -0.15) is 0 Å². The van der Waals surface area contributed by atoms with Gasteiger partial charge < -0.3 is 14.8 Å². The zero-order valence-electron chi connectivity index (χ0n) is 8.36. The van der Waals surface area contributed by atoms with Gasteiger partial charge in [-0.15, -0.1) is 0 Å². The molecule has 0 amide bonds. The lowest BCUT2D eigenvalue weighted by atomic mass is 10.1. The topological polar surface area (TPSA) is 58.3 Å². The first-order valence-corrected chi connectivity index (χ1v) is 5.09. The van der Waals surface area contributed by atoms with Crippen molar-refractivity contribution in [2.24, 2.45) is 0 Å². The van der Waals surface area contributed by atoms with Crippen molar-refractivity contribution in [3.8, 4) is 0 Å². The first-order valence-electron chi connectivity index (χ1n) is 5.09. The predicted octanol–water partition coefficient (Wildman–Crippen LogP) is 0.675. The van der Waals surface area contributed by atoms with Gasteiger partial charge in [0.25, 0.3) is 0 Å². The standard InChI is InChI=1S/C10H16N2O2/c1-7(13)4-9-6-14-10(12-9)8-2-3-11-5-8/h6-8,11,13H,2-5H2,1H3. The first-order chi connectivity index (χ1) is 6.75. The van der Waals surface area contributed by atoms with Gasteiger partial charge in [-0.1, -0.05) is 0 Å². The van der Waals surface area contributed by atoms with Gasteiger partial charge in [0.1, 0.15) is 6.26 Å². The van der Waals surface area contributed by atoms with E-state index in [-0.39, 0.29) is 6.10 Å². The lowest BCUT2D eigenvalue weighted by Gasteiger charge is -2.01. The molecule has 2 unspecified atom stereocenters. The molecule has 0 radical (unpaired) electrons. The van der Waals surface area contributed by atoms with Gasteiger partial charge in [-0.05, 0) is 19.9 Å². The van der Waals surface area contributed by atoms with Crippen molar-refractivity contribution in [2.45, 2.75) is 31.8 Å². The van der Waals surface area contributed by atoms with Gasteiger partial charge in [0.15, 0.2) is 5.89 Å². The lowest BCUT2D eigenvalue weighted by Crippen LogP contribution is -2.08. The molecule has 4 heteroatoms. The van der Waals surface area contributed by atoms with E-state index in [2.05, 4.69) is 10.3 Å². The Kier molecular flexibility index (Phi) is 2.84. The second-order valence-corrected chi connectivity index (χ2v) is 3.92. The molecule has 0 saturated carbocycles. The summed E-state index contributed by atoms with van der Waals surface area (Å²) in [4.78, 5) is 4.37. The summed E-state index contributed by atoms with van der Waals surface area (Å²) in [5, 5.41) is 12.5. The highest BCUT2D eigenvalue weighted by Gasteiger charge is 2.21. The Balaban J connectivity index is 2.01. The van der Waals surface area contributed by atoms with E-state index in [1.54, 1.807) is 13.2 Å². The summed E-state index contributed by atoms with van der Waals surface area (Å²) in [6.07, 6.45) is 2.97. The Hall–Kier alpha value is -0.870. The van der Waals surface area contributed by atoms with Crippen LogP contribution in [0, 0.1) is 0 Å². The molecule has 78 valence electrons. The average molecular weight is 196 g/mol. The van der Waals surface area contributed by atoms with Crippen LogP contribution >= 0.6 is 0 Å². The normalized spacial score (nSPS) is 24.0. The number of oxazole rings is 1. The third-order valence-electron chi connectivity index (χ3n) is 2.48. The van der Waals surface area contributed by atoms with E-state index in [0.29, 0.717) is 12.3 Å². The summed E-state index contributed by atoms with van der Waals surface area (Å²) in [5.41, 5.74) is 0.849. The maximum atomic E-state index is 9.19. The van der Waals surface area contributed by atoms with Crippen LogP contribution in [0.3, 0.4) is 0 Å². The van der Waals surface area contributed by atoms with Gasteiger partial charge in [0, 0.05) is 18.9 Å². The molecule has 1 aliphatic heterocycles. The van der Waals surface area contributed by atoms with Gasteiger partial charge in [-0.25, -0.2) is 4.98 Å². The number of aliphatic hydroxyl groups excluding tert-OH is 1. The summed E-state index contributed by atoms with van der Waals surface area (Å²) in [6.45, 7) is 3.75. The molecule has 2 N–H and O–H groups in total. The van der Waals surface area contributed by atoms with Crippen molar-refractivity contribution in [1.29, 1.82) is 0 Å².